The summed E-state index contributed by atoms with van der Waals surface area (Å²) in [5.41, 5.74) is 1.17. The van der Waals surface area contributed by atoms with Gasteiger partial charge in [0.25, 0.3) is 0 Å². The van der Waals surface area contributed by atoms with E-state index in [1.54, 1.807) is 7.11 Å². The number of unbranched alkanes of at least 4 members (excludes halogenated alkanes) is 1. The summed E-state index contributed by atoms with van der Waals surface area (Å²) < 4.78 is 5.55. The van der Waals surface area contributed by atoms with E-state index in [-0.39, 0.29) is 11.9 Å². The normalized spacial score (nSPS) is 16.8. The quantitative estimate of drug-likeness (QED) is 0.797. The highest BCUT2D eigenvalue weighted by Crippen LogP contribution is 2.30. The number of hydrogen-bond acceptors (Lipinski definition) is 3. The lowest BCUT2D eigenvalue weighted by molar-refractivity contribution is -0.121. The van der Waals surface area contributed by atoms with Gasteiger partial charge >= 0.3 is 0 Å². The molecule has 1 heterocycles. The van der Waals surface area contributed by atoms with E-state index in [1.807, 2.05) is 18.2 Å². The number of carbonyl (C=O) groups excluding carboxylic acids is 1. The fourth-order valence-corrected chi connectivity index (χ4v) is 3.24. The molecule has 4 nitrogen and oxygen atoms in total. The maximum Gasteiger partial charge on any atom is 0.220 e. The van der Waals surface area contributed by atoms with Crippen molar-refractivity contribution in [1.82, 2.24) is 10.2 Å². The Bertz CT molecular complexity index is 484. The molecule has 0 spiro atoms. The van der Waals surface area contributed by atoms with Crippen molar-refractivity contribution in [1.29, 1.82) is 0 Å². The van der Waals surface area contributed by atoms with Crippen LogP contribution >= 0.6 is 0 Å². The predicted octanol–water partition coefficient (Wildman–Crippen LogP) is 3.53. The number of benzene rings is 1. The van der Waals surface area contributed by atoms with E-state index in [1.165, 1.54) is 24.8 Å². The summed E-state index contributed by atoms with van der Waals surface area (Å²) in [5.74, 6) is 1.06. The molecule has 1 unspecified atom stereocenters. The van der Waals surface area contributed by atoms with E-state index in [9.17, 15) is 4.79 Å². The zero-order valence-electron chi connectivity index (χ0n) is 14.5. The van der Waals surface area contributed by atoms with Crippen LogP contribution in [0.15, 0.2) is 24.3 Å². The molecule has 23 heavy (non-hydrogen) atoms. The second kappa shape index (κ2) is 9.56. The number of ether oxygens (including phenoxy) is 1. The number of amides is 1. The Morgan fingerprint density at radius 2 is 2.00 bits per heavy atom. The van der Waals surface area contributed by atoms with Gasteiger partial charge in [-0.2, -0.15) is 0 Å². The van der Waals surface area contributed by atoms with E-state index in [4.69, 9.17) is 4.74 Å². The van der Waals surface area contributed by atoms with Crippen molar-refractivity contribution in [2.45, 2.75) is 51.5 Å². The lowest BCUT2D eigenvalue weighted by Crippen LogP contribution is -2.40. The number of piperidine rings is 1. The standard InChI is InChI=1S/C19H30N2O2/c1-3-4-12-19(22)20-15-17(21-13-8-5-9-14-21)16-10-6-7-11-18(16)23-2/h6-7,10-11,17H,3-5,8-9,12-15H2,1-2H3,(H,20,22). The molecule has 1 fully saturated rings. The molecule has 1 aromatic carbocycles. The molecule has 0 bridgehead atoms. The fraction of sp³-hybridized carbons (Fsp3) is 0.632. The molecule has 128 valence electrons. The molecule has 0 aliphatic carbocycles. The summed E-state index contributed by atoms with van der Waals surface area (Å²) in [7, 11) is 1.71. The molecule has 0 radical (unpaired) electrons. The highest BCUT2D eigenvalue weighted by atomic mass is 16.5. The van der Waals surface area contributed by atoms with Gasteiger partial charge in [0.1, 0.15) is 5.75 Å². The van der Waals surface area contributed by atoms with Crippen LogP contribution in [0.4, 0.5) is 0 Å². The van der Waals surface area contributed by atoms with Gasteiger partial charge in [-0.1, -0.05) is 38.0 Å². The Balaban J connectivity index is 2.09. The molecular formula is C19H30N2O2. The maximum atomic E-state index is 12.0. The number of carbonyl (C=O) groups is 1. The largest absolute Gasteiger partial charge is 0.496 e. The van der Waals surface area contributed by atoms with Gasteiger partial charge in [0.05, 0.1) is 13.2 Å². The number of para-hydroxylation sites is 1. The summed E-state index contributed by atoms with van der Waals surface area (Å²) in [5, 5.41) is 3.13. The second-order valence-electron chi connectivity index (χ2n) is 6.26. The van der Waals surface area contributed by atoms with Crippen molar-refractivity contribution in [3.8, 4) is 5.75 Å². The second-order valence-corrected chi connectivity index (χ2v) is 6.26. The molecule has 1 atom stereocenters. The van der Waals surface area contributed by atoms with Gasteiger partial charge in [0, 0.05) is 18.5 Å². The van der Waals surface area contributed by atoms with E-state index < -0.39 is 0 Å². The van der Waals surface area contributed by atoms with Crippen LogP contribution in [-0.4, -0.2) is 37.6 Å². The fourth-order valence-electron chi connectivity index (χ4n) is 3.24. The van der Waals surface area contributed by atoms with Crippen molar-refractivity contribution >= 4 is 5.91 Å². The Hall–Kier alpha value is -1.55. The van der Waals surface area contributed by atoms with Crippen LogP contribution in [0, 0.1) is 0 Å². The van der Waals surface area contributed by atoms with Gasteiger partial charge in [-0.15, -0.1) is 0 Å². The zero-order valence-corrected chi connectivity index (χ0v) is 14.5. The van der Waals surface area contributed by atoms with Gasteiger partial charge in [-0.05, 0) is 38.4 Å². The number of hydrogen-bond donors (Lipinski definition) is 1. The van der Waals surface area contributed by atoms with Gasteiger partial charge in [-0.3, -0.25) is 9.69 Å². The van der Waals surface area contributed by atoms with Crippen LogP contribution < -0.4 is 10.1 Å². The minimum Gasteiger partial charge on any atom is -0.496 e. The molecule has 1 aliphatic heterocycles. The Kier molecular flexibility index (Phi) is 7.40. The molecule has 1 amide bonds. The molecule has 4 heteroatoms. The van der Waals surface area contributed by atoms with Crippen LogP contribution in [0.2, 0.25) is 0 Å². The minimum absolute atomic E-state index is 0.156. The topological polar surface area (TPSA) is 41.6 Å². The minimum atomic E-state index is 0.156. The van der Waals surface area contributed by atoms with Gasteiger partial charge in [0.2, 0.25) is 5.91 Å². The average molecular weight is 318 g/mol. The first-order valence-corrected chi connectivity index (χ1v) is 8.90. The molecular weight excluding hydrogens is 288 g/mol. The number of nitrogens with zero attached hydrogens (tertiary/aromatic N) is 1. The smallest absolute Gasteiger partial charge is 0.220 e. The van der Waals surface area contributed by atoms with E-state index >= 15 is 0 Å². The molecule has 1 saturated heterocycles. The highest BCUT2D eigenvalue weighted by molar-refractivity contribution is 5.75. The number of methoxy groups -OCH3 is 1. The van der Waals surface area contributed by atoms with E-state index in [0.29, 0.717) is 13.0 Å². The molecule has 0 aromatic heterocycles. The average Bonchev–Trinajstić information content (AvgIpc) is 2.61. The summed E-state index contributed by atoms with van der Waals surface area (Å²) in [4.78, 5) is 14.5. The highest BCUT2D eigenvalue weighted by Gasteiger charge is 2.25. The van der Waals surface area contributed by atoms with Crippen molar-refractivity contribution < 1.29 is 9.53 Å². The molecule has 1 aliphatic rings. The first-order chi connectivity index (χ1) is 11.3. The first kappa shape index (κ1) is 17.8. The van der Waals surface area contributed by atoms with Crippen molar-refractivity contribution in [3.63, 3.8) is 0 Å². The molecule has 0 saturated carbocycles. The first-order valence-electron chi connectivity index (χ1n) is 8.90. The summed E-state index contributed by atoms with van der Waals surface area (Å²) >= 11 is 0. The summed E-state index contributed by atoms with van der Waals surface area (Å²) in [6.45, 7) is 4.95. The summed E-state index contributed by atoms with van der Waals surface area (Å²) in [6.07, 6.45) is 6.39. The number of rotatable bonds is 8. The molecule has 1 aromatic rings. The van der Waals surface area contributed by atoms with Gasteiger partial charge < -0.3 is 10.1 Å². The van der Waals surface area contributed by atoms with Gasteiger partial charge in [0.15, 0.2) is 0 Å². The van der Waals surface area contributed by atoms with Crippen LogP contribution in [-0.2, 0) is 4.79 Å². The lowest BCUT2D eigenvalue weighted by Gasteiger charge is -2.35. The van der Waals surface area contributed by atoms with E-state index in [2.05, 4.69) is 23.2 Å². The van der Waals surface area contributed by atoms with Crippen LogP contribution in [0.5, 0.6) is 5.75 Å². The Morgan fingerprint density at radius 1 is 1.26 bits per heavy atom. The van der Waals surface area contributed by atoms with Crippen LogP contribution in [0.25, 0.3) is 0 Å². The predicted molar refractivity (Wildman–Crippen MR) is 93.7 cm³/mol. The number of nitrogens with one attached hydrogen (secondary N) is 1. The molecule has 1 N–H and O–H groups in total. The van der Waals surface area contributed by atoms with Crippen LogP contribution in [0.1, 0.15) is 57.1 Å². The SMILES string of the molecule is CCCCC(=O)NCC(c1ccccc1OC)N1CCCCC1. The van der Waals surface area contributed by atoms with Crippen molar-refractivity contribution in [2.75, 3.05) is 26.7 Å². The Morgan fingerprint density at radius 3 is 2.70 bits per heavy atom. The number of likely N-dealkylation sites (tertiary alicyclic amines) is 1. The maximum absolute atomic E-state index is 12.0. The lowest BCUT2D eigenvalue weighted by atomic mass is 10.0. The van der Waals surface area contributed by atoms with Crippen molar-refractivity contribution in [2.24, 2.45) is 0 Å². The monoisotopic (exact) mass is 318 g/mol. The summed E-state index contributed by atoms with van der Waals surface area (Å²) in [6, 6.07) is 8.36. The third-order valence-electron chi connectivity index (χ3n) is 4.58. The van der Waals surface area contributed by atoms with Gasteiger partial charge in [-0.25, -0.2) is 0 Å². The Labute approximate surface area is 140 Å². The third kappa shape index (κ3) is 5.24. The van der Waals surface area contributed by atoms with Crippen LogP contribution in [0.3, 0.4) is 0 Å². The van der Waals surface area contributed by atoms with Crippen molar-refractivity contribution in [3.05, 3.63) is 29.8 Å². The third-order valence-corrected chi connectivity index (χ3v) is 4.58. The van der Waals surface area contributed by atoms with E-state index in [0.717, 1.165) is 31.7 Å². The zero-order chi connectivity index (χ0) is 16.5. The molecule has 2 rings (SSSR count).